The number of aliphatic hydroxyl groups is 2. The third kappa shape index (κ3) is 15.0. The Morgan fingerprint density at radius 2 is 1.01 bits per heavy atom. The van der Waals surface area contributed by atoms with Crippen LogP contribution in [0.4, 0.5) is 0 Å². The second-order valence-corrected chi connectivity index (χ2v) is 25.6. The number of aromatic hydroxyl groups is 6. The Hall–Kier alpha value is -10.6. The molecule has 6 heterocycles. The minimum Gasteiger partial charge on any atom is -0.508 e. The summed E-state index contributed by atoms with van der Waals surface area (Å²) in [6.45, 7) is 2.30. The number of amides is 6. The Morgan fingerprint density at radius 1 is 0.480 bits per heavy atom. The summed E-state index contributed by atoms with van der Waals surface area (Å²) >= 11 is 13.8. The summed E-state index contributed by atoms with van der Waals surface area (Å²) < 4.78 is 18.5. The largest absolute Gasteiger partial charge is 0.508 e. The molecule has 0 aliphatic carbocycles. The van der Waals surface area contributed by atoms with E-state index in [9.17, 15) is 60.3 Å². The van der Waals surface area contributed by atoms with Gasteiger partial charge >= 0.3 is 5.97 Å². The van der Waals surface area contributed by atoms with Crippen LogP contribution in [0.25, 0.3) is 11.1 Å². The number of aliphatic hydroxyl groups excluding tert-OH is 2. The average Bonchev–Trinajstić information content (AvgIpc) is 1.16. The van der Waals surface area contributed by atoms with Crippen molar-refractivity contribution in [2.75, 3.05) is 6.54 Å². The maximum atomic E-state index is 16.2. The van der Waals surface area contributed by atoms with E-state index in [0.717, 1.165) is 99.2 Å². The molecule has 15 bridgehead atoms. The molecule has 100 heavy (non-hydrogen) atoms. The summed E-state index contributed by atoms with van der Waals surface area (Å²) in [5.41, 5.74) is 3.03. The van der Waals surface area contributed by atoms with Gasteiger partial charge in [0.1, 0.15) is 88.7 Å². The zero-order valence-corrected chi connectivity index (χ0v) is 55.0. The number of carbonyl (C=O) groups excluding carboxylic acids is 6. The first-order valence-corrected chi connectivity index (χ1v) is 33.1. The predicted molar refractivity (Wildman–Crippen MR) is 360 cm³/mol. The molecule has 6 aliphatic rings. The minimum atomic E-state index is -2.29. The normalized spacial score (nSPS) is 21.3. The van der Waals surface area contributed by atoms with E-state index in [1.54, 1.807) is 0 Å². The Labute approximate surface area is 581 Å². The van der Waals surface area contributed by atoms with Crippen LogP contribution in [-0.4, -0.2) is 106 Å². The van der Waals surface area contributed by atoms with Crippen LogP contribution in [0.5, 0.6) is 69.0 Å². The lowest BCUT2D eigenvalue weighted by Crippen LogP contribution is -2.55. The molecule has 0 saturated carbocycles. The monoisotopic (exact) mass is 1410 g/mol. The van der Waals surface area contributed by atoms with E-state index >= 15 is 19.2 Å². The summed E-state index contributed by atoms with van der Waals surface area (Å²) in [5.74, 6) is -16.3. The minimum absolute atomic E-state index is 0.0322. The number of phenols is 6. The van der Waals surface area contributed by atoms with Gasteiger partial charge in [-0.05, 0) is 119 Å². The fraction of sp³-hybridized carbons (Fsp3) is 0.310. The molecule has 9 unspecified atom stereocenters. The highest BCUT2D eigenvalue weighted by atomic mass is 35.5. The van der Waals surface area contributed by atoms with E-state index in [4.69, 9.17) is 43.1 Å². The number of hydrogen-bond donors (Lipinski definition) is 17. The number of hydrogen-bond acceptors (Lipinski definition) is 20. The molecule has 6 amide bonds. The molecule has 0 fully saturated rings. The van der Waals surface area contributed by atoms with Crippen LogP contribution in [0.3, 0.4) is 0 Å². The number of nitrogens with two attached hydrogens (primary N) is 1. The molecule has 0 radical (unpaired) electrons. The van der Waals surface area contributed by atoms with Gasteiger partial charge in [-0.15, -0.1) is 0 Å². The number of phenolic OH excluding ortho intramolecular Hbond substituents is 6. The van der Waals surface area contributed by atoms with Crippen LogP contribution >= 0.6 is 23.2 Å². The van der Waals surface area contributed by atoms with Crippen molar-refractivity contribution >= 4 is 64.6 Å². The first-order valence-electron chi connectivity index (χ1n) is 32.3. The van der Waals surface area contributed by atoms with Gasteiger partial charge in [0.25, 0.3) is 0 Å². The van der Waals surface area contributed by atoms with Crippen LogP contribution in [0.15, 0.2) is 109 Å². The zero-order chi connectivity index (χ0) is 71.4. The molecule has 18 N–H and O–H groups in total. The summed E-state index contributed by atoms with van der Waals surface area (Å²) in [5, 5.41) is 124. The number of benzene rings is 7. The number of halogens is 2. The van der Waals surface area contributed by atoms with Crippen LogP contribution in [0, 0.1) is 0 Å². The molecule has 0 saturated heterocycles. The fourth-order valence-electron chi connectivity index (χ4n) is 12.6. The first kappa shape index (κ1) is 70.8. The van der Waals surface area contributed by atoms with Crippen LogP contribution in [-0.2, 0) is 40.1 Å². The lowest BCUT2D eigenvalue weighted by molar-refractivity contribution is -0.143. The molecule has 0 spiro atoms. The number of rotatable bonds is 14. The van der Waals surface area contributed by atoms with Gasteiger partial charge in [0.2, 0.25) is 41.2 Å². The molecule has 6 aliphatic heterocycles. The van der Waals surface area contributed by atoms with Crippen molar-refractivity contribution in [3.8, 4) is 80.1 Å². The van der Waals surface area contributed by atoms with Gasteiger partial charge in [-0.1, -0.05) is 118 Å². The number of aliphatic carboxylic acids is 1. The predicted octanol–water partition coefficient (Wildman–Crippen LogP) is 8.49. The highest BCUT2D eigenvalue weighted by Crippen LogP contribution is 2.51. The zero-order valence-electron chi connectivity index (χ0n) is 53.5. The van der Waals surface area contributed by atoms with Crippen molar-refractivity contribution in [3.63, 3.8) is 0 Å². The van der Waals surface area contributed by atoms with Crippen molar-refractivity contribution in [2.45, 2.75) is 132 Å². The second-order valence-electron chi connectivity index (χ2n) is 24.8. The van der Waals surface area contributed by atoms with Crippen molar-refractivity contribution < 1.29 is 93.7 Å². The molecule has 0 aromatic heterocycles. The van der Waals surface area contributed by atoms with E-state index < -0.39 is 170 Å². The quantitative estimate of drug-likeness (QED) is 0.0454. The first-order chi connectivity index (χ1) is 47.9. The SMILES string of the molecule is CCCCCCCCCCCCNCc1c(O)cc2c(c1O)-c1c(O)cccc1C1NC(=O)C3NC(=O)C4NC(=O)C(NC(=O)C(N)c5ccc(O)c(c5)Oc5cc(O)cc4c5)C(O)c4ccc(c(Cl)c4)Oc4cc3cc(c4O)Oc3ccc(cc3Cl)C(O)C(NC1=O)C(=O)NC2C(=O)O. The summed E-state index contributed by atoms with van der Waals surface area (Å²) in [6, 6.07) is 5.48. The summed E-state index contributed by atoms with van der Waals surface area (Å²) in [4.78, 5) is 106. The number of carbonyl (C=O) groups is 7. The van der Waals surface area contributed by atoms with E-state index in [0.29, 0.717) is 13.0 Å². The van der Waals surface area contributed by atoms with E-state index in [1.165, 1.54) is 67.8 Å². The fourth-order valence-corrected chi connectivity index (χ4v) is 13.0. The van der Waals surface area contributed by atoms with Crippen molar-refractivity contribution in [1.82, 2.24) is 37.2 Å². The summed E-state index contributed by atoms with van der Waals surface area (Å²) in [7, 11) is 0. The van der Waals surface area contributed by atoms with Crippen molar-refractivity contribution in [3.05, 3.63) is 164 Å². The third-order valence-corrected chi connectivity index (χ3v) is 18.5. The van der Waals surface area contributed by atoms with Crippen molar-refractivity contribution in [2.24, 2.45) is 5.73 Å². The molecule has 27 nitrogen and oxygen atoms in total. The lowest BCUT2D eigenvalue weighted by Gasteiger charge is -2.31. The van der Waals surface area contributed by atoms with E-state index in [1.807, 2.05) is 0 Å². The van der Waals surface area contributed by atoms with Gasteiger partial charge in [0, 0.05) is 29.3 Å². The smallest absolute Gasteiger partial charge is 0.330 e. The molecular weight excluding hydrogens is 1340 g/mol. The maximum absolute atomic E-state index is 16.2. The highest BCUT2D eigenvalue weighted by molar-refractivity contribution is 6.32. The highest BCUT2D eigenvalue weighted by Gasteiger charge is 2.43. The molecule has 7 aromatic carbocycles. The lowest BCUT2D eigenvalue weighted by atomic mass is 9.86. The van der Waals surface area contributed by atoms with Gasteiger partial charge < -0.3 is 103 Å². The van der Waals surface area contributed by atoms with E-state index in [-0.39, 0.29) is 67.4 Å². The molecule has 7 aromatic rings. The summed E-state index contributed by atoms with van der Waals surface area (Å²) in [6.07, 6.45) is 6.31. The standard InChI is InChI=1S/C71H72Cl2N8O19/c1-2-3-4-5-6-7-8-9-10-11-21-75-31-41-46(85)30-40-53(63(41)88)52-39(13-12-14-45(52)84)57-68(93)81-60(70(95)79-58(40)71(96)97)62(87)34-17-20-48(43(73)25-34)100-51-28-36-27-50(64(51)89)99-47-19-16-33(24-42(47)72)61(86)59-69(94)77-55(66(91)76-56(36)67(92)78-57)35-22-37(82)29-38(23-35)98-49-26-32(15-18-44(49)83)54(74)65(90)80-59/h12-20,22-30,54-62,75,82-89H,2-11,21,31,74H2,1H3,(H,76,91)(H,77,94)(H,78,92)(H,79,95)(H,80,90)(H,81,93)(H,96,97). The average molecular weight is 1410 g/mol. The number of carboxylic acid groups (broad SMARTS) is 1. The Bertz CT molecular complexity index is 4390. The molecule has 13 rings (SSSR count). The third-order valence-electron chi connectivity index (χ3n) is 17.9. The molecule has 524 valence electrons. The van der Waals surface area contributed by atoms with Crippen LogP contribution < -0.4 is 57.2 Å². The number of nitrogens with one attached hydrogen (secondary N) is 7. The molecular formula is C71H72Cl2N8O19. The number of carboxylic acids is 1. The van der Waals surface area contributed by atoms with Gasteiger partial charge in [0.05, 0.1) is 15.6 Å². The maximum Gasteiger partial charge on any atom is 0.330 e. The number of fused-ring (bicyclic) bond motifs is 13. The number of ether oxygens (including phenoxy) is 3. The Balaban J connectivity index is 1.09. The number of unbranched alkanes of at least 4 members (excludes halogenated alkanes) is 9. The molecule has 9 atom stereocenters. The van der Waals surface area contributed by atoms with E-state index in [2.05, 4.69) is 44.1 Å². The van der Waals surface area contributed by atoms with Gasteiger partial charge in [-0.25, -0.2) is 4.79 Å². The second kappa shape index (κ2) is 30.3. The topological polar surface area (TPSA) is 439 Å². The Morgan fingerprint density at radius 3 is 1.61 bits per heavy atom. The van der Waals surface area contributed by atoms with Crippen LogP contribution in [0.1, 0.15) is 158 Å². The van der Waals surface area contributed by atoms with Gasteiger partial charge in [0.15, 0.2) is 29.0 Å². The van der Waals surface area contributed by atoms with Gasteiger partial charge in [-0.2, -0.15) is 0 Å². The molecule has 29 heteroatoms. The Kier molecular flexibility index (Phi) is 21.4. The van der Waals surface area contributed by atoms with Crippen molar-refractivity contribution in [1.29, 1.82) is 0 Å². The van der Waals surface area contributed by atoms with Gasteiger partial charge in [-0.3, -0.25) is 28.8 Å². The van der Waals surface area contributed by atoms with Crippen LogP contribution in [0.2, 0.25) is 10.0 Å².